The minimum atomic E-state index is 0.240. The Morgan fingerprint density at radius 2 is 2.41 bits per heavy atom. The second-order valence-electron chi connectivity index (χ2n) is 4.00. The summed E-state index contributed by atoms with van der Waals surface area (Å²) in [5.74, 6) is 2.13. The number of aromatic nitrogens is 3. The van der Waals surface area contributed by atoms with Crippen LogP contribution in [-0.2, 0) is 11.2 Å². The number of nitrogens with zero attached hydrogens (tertiary/aromatic N) is 3. The summed E-state index contributed by atoms with van der Waals surface area (Å²) in [6.07, 6.45) is 3.09. The number of hydrogen-bond donors (Lipinski definition) is 0. The van der Waals surface area contributed by atoms with Crippen LogP contribution in [0.5, 0.6) is 0 Å². The number of ether oxygens (including phenoxy) is 1. The van der Waals surface area contributed by atoms with Crippen LogP contribution in [0.4, 0.5) is 0 Å². The Bertz CT molecular complexity index is 500. The van der Waals surface area contributed by atoms with Crippen LogP contribution in [0, 0.1) is 0 Å². The number of oxazole rings is 1. The van der Waals surface area contributed by atoms with Crippen molar-refractivity contribution in [3.05, 3.63) is 18.0 Å². The van der Waals surface area contributed by atoms with E-state index in [0.29, 0.717) is 24.0 Å². The Balaban J connectivity index is 1.89. The molecule has 0 spiro atoms. The minimum Gasteiger partial charge on any atom is -0.448 e. The maximum Gasteiger partial charge on any atom is 0.280 e. The molecule has 0 saturated carbocycles. The van der Waals surface area contributed by atoms with Gasteiger partial charge in [0.15, 0.2) is 17.9 Å². The molecule has 6 nitrogen and oxygen atoms in total. The number of rotatable bonds is 3. The molecule has 0 N–H and O–H groups in total. The lowest BCUT2D eigenvalue weighted by Gasteiger charge is -1.97. The molecule has 2 aromatic rings. The second-order valence-corrected chi connectivity index (χ2v) is 4.00. The molecule has 90 valence electrons. The third-order valence-corrected chi connectivity index (χ3v) is 2.90. The van der Waals surface area contributed by atoms with Crippen molar-refractivity contribution in [3.63, 3.8) is 0 Å². The molecule has 2 aromatic heterocycles. The topological polar surface area (TPSA) is 74.2 Å². The Labute approximate surface area is 98.0 Å². The van der Waals surface area contributed by atoms with Gasteiger partial charge in [-0.15, -0.1) is 0 Å². The third kappa shape index (κ3) is 1.84. The maximum absolute atomic E-state index is 5.30. The highest BCUT2D eigenvalue weighted by Gasteiger charge is 2.24. The van der Waals surface area contributed by atoms with Crippen molar-refractivity contribution in [2.75, 3.05) is 13.2 Å². The Kier molecular flexibility index (Phi) is 2.64. The highest BCUT2D eigenvalue weighted by molar-refractivity contribution is 5.48. The summed E-state index contributed by atoms with van der Waals surface area (Å²) >= 11 is 0. The molecule has 1 fully saturated rings. The average Bonchev–Trinajstić information content (AvgIpc) is 3.09. The van der Waals surface area contributed by atoms with Crippen LogP contribution in [0.2, 0.25) is 0 Å². The first-order valence-electron chi connectivity index (χ1n) is 5.72. The maximum atomic E-state index is 5.30. The zero-order valence-electron chi connectivity index (χ0n) is 9.55. The highest BCUT2D eigenvalue weighted by atomic mass is 16.5. The van der Waals surface area contributed by atoms with Gasteiger partial charge in [0.2, 0.25) is 0 Å². The van der Waals surface area contributed by atoms with Gasteiger partial charge in [-0.2, -0.15) is 4.98 Å². The predicted molar refractivity (Wildman–Crippen MR) is 57.4 cm³/mol. The van der Waals surface area contributed by atoms with E-state index < -0.39 is 0 Å². The minimum absolute atomic E-state index is 0.240. The van der Waals surface area contributed by atoms with Crippen LogP contribution in [0.3, 0.4) is 0 Å². The van der Waals surface area contributed by atoms with Crippen molar-refractivity contribution in [1.29, 1.82) is 0 Å². The summed E-state index contributed by atoms with van der Waals surface area (Å²) in [6.45, 7) is 3.42. The van der Waals surface area contributed by atoms with E-state index in [1.807, 2.05) is 6.92 Å². The van der Waals surface area contributed by atoms with E-state index in [9.17, 15) is 0 Å². The third-order valence-electron chi connectivity index (χ3n) is 2.90. The van der Waals surface area contributed by atoms with E-state index in [1.54, 1.807) is 0 Å². The van der Waals surface area contributed by atoms with Gasteiger partial charge in [-0.25, -0.2) is 4.98 Å². The van der Waals surface area contributed by atoms with E-state index in [2.05, 4.69) is 15.1 Å². The predicted octanol–water partition coefficient (Wildman–Crippen LogP) is 1.79. The number of aryl methyl sites for hydroxylation is 1. The molecule has 1 saturated heterocycles. The van der Waals surface area contributed by atoms with Crippen molar-refractivity contribution in [1.82, 2.24) is 15.1 Å². The first-order chi connectivity index (χ1) is 8.38. The fourth-order valence-corrected chi connectivity index (χ4v) is 1.93. The van der Waals surface area contributed by atoms with E-state index in [4.69, 9.17) is 13.7 Å². The molecular formula is C11H13N3O3. The van der Waals surface area contributed by atoms with E-state index in [0.717, 1.165) is 25.2 Å². The van der Waals surface area contributed by atoms with Crippen molar-refractivity contribution >= 4 is 0 Å². The van der Waals surface area contributed by atoms with Gasteiger partial charge < -0.3 is 13.7 Å². The lowest BCUT2D eigenvalue weighted by atomic mass is 10.1. The molecule has 0 aromatic carbocycles. The summed E-state index contributed by atoms with van der Waals surface area (Å²) in [5, 5.41) is 3.98. The average molecular weight is 235 g/mol. The van der Waals surface area contributed by atoms with Crippen LogP contribution in [0.1, 0.15) is 30.8 Å². The first kappa shape index (κ1) is 10.5. The summed E-state index contributed by atoms with van der Waals surface area (Å²) in [6, 6.07) is 0. The Hall–Kier alpha value is -1.69. The van der Waals surface area contributed by atoms with Crippen molar-refractivity contribution in [3.8, 4) is 11.6 Å². The second kappa shape index (κ2) is 4.29. The zero-order chi connectivity index (χ0) is 11.7. The molecule has 1 atom stereocenters. The summed E-state index contributed by atoms with van der Waals surface area (Å²) in [4.78, 5) is 8.47. The van der Waals surface area contributed by atoms with Crippen LogP contribution < -0.4 is 0 Å². The Morgan fingerprint density at radius 3 is 3.18 bits per heavy atom. The van der Waals surface area contributed by atoms with Gasteiger partial charge in [-0.3, -0.25) is 0 Å². The van der Waals surface area contributed by atoms with Gasteiger partial charge in [-0.1, -0.05) is 12.1 Å². The van der Waals surface area contributed by atoms with E-state index in [-0.39, 0.29) is 5.92 Å². The van der Waals surface area contributed by atoms with Crippen molar-refractivity contribution < 1.29 is 13.7 Å². The molecular weight excluding hydrogens is 222 g/mol. The van der Waals surface area contributed by atoms with Crippen LogP contribution >= 0.6 is 0 Å². The summed E-state index contributed by atoms with van der Waals surface area (Å²) in [5.41, 5.74) is 0.644. The summed E-state index contributed by atoms with van der Waals surface area (Å²) in [7, 11) is 0. The molecule has 0 unspecified atom stereocenters. The van der Waals surface area contributed by atoms with Crippen molar-refractivity contribution in [2.45, 2.75) is 25.7 Å². The van der Waals surface area contributed by atoms with E-state index >= 15 is 0 Å². The van der Waals surface area contributed by atoms with Crippen LogP contribution in [0.15, 0.2) is 15.3 Å². The lowest BCUT2D eigenvalue weighted by Crippen LogP contribution is -1.99. The zero-order valence-corrected chi connectivity index (χ0v) is 9.55. The fraction of sp³-hybridized carbons (Fsp3) is 0.545. The van der Waals surface area contributed by atoms with Gasteiger partial charge in [0.1, 0.15) is 5.76 Å². The number of hydrogen-bond acceptors (Lipinski definition) is 6. The van der Waals surface area contributed by atoms with Gasteiger partial charge >= 0.3 is 0 Å². The highest BCUT2D eigenvalue weighted by Crippen LogP contribution is 2.26. The normalized spacial score (nSPS) is 19.9. The summed E-state index contributed by atoms with van der Waals surface area (Å²) < 4.78 is 15.8. The molecule has 0 radical (unpaired) electrons. The molecule has 3 rings (SSSR count). The largest absolute Gasteiger partial charge is 0.448 e. The van der Waals surface area contributed by atoms with Crippen LogP contribution in [0.25, 0.3) is 11.6 Å². The van der Waals surface area contributed by atoms with Gasteiger partial charge in [0.05, 0.1) is 6.61 Å². The molecule has 0 bridgehead atoms. The van der Waals surface area contributed by atoms with Crippen LogP contribution in [-0.4, -0.2) is 28.3 Å². The lowest BCUT2D eigenvalue weighted by molar-refractivity contribution is 0.192. The molecule has 17 heavy (non-hydrogen) atoms. The molecule has 0 aliphatic carbocycles. The molecule has 6 heteroatoms. The van der Waals surface area contributed by atoms with Gasteiger partial charge in [0.25, 0.3) is 5.89 Å². The quantitative estimate of drug-likeness (QED) is 0.807. The monoisotopic (exact) mass is 235 g/mol. The molecule has 1 aliphatic heterocycles. The first-order valence-corrected chi connectivity index (χ1v) is 5.72. The molecule has 1 aliphatic rings. The van der Waals surface area contributed by atoms with E-state index in [1.165, 1.54) is 6.39 Å². The molecule has 0 amide bonds. The smallest absolute Gasteiger partial charge is 0.280 e. The molecule has 3 heterocycles. The fourth-order valence-electron chi connectivity index (χ4n) is 1.93. The van der Waals surface area contributed by atoms with Crippen molar-refractivity contribution in [2.24, 2.45) is 0 Å². The van der Waals surface area contributed by atoms with Gasteiger partial charge in [0, 0.05) is 18.9 Å². The SMILES string of the molecule is CCc1ocnc1-c1nc([C@H]2CCOC2)no1. The standard InChI is InChI=1S/C11H13N3O3/c1-2-8-9(12-6-16-8)11-13-10(14-17-11)7-3-4-15-5-7/h6-7H,2-5H2,1H3/t7-/m0/s1. The van der Waals surface area contributed by atoms with Gasteiger partial charge in [-0.05, 0) is 6.42 Å². The Morgan fingerprint density at radius 1 is 1.47 bits per heavy atom.